The summed E-state index contributed by atoms with van der Waals surface area (Å²) in [6.07, 6.45) is 8.58. The largest absolute Gasteiger partial charge is 0.462 e. The van der Waals surface area contributed by atoms with Gasteiger partial charge in [0.25, 0.3) is 0 Å². The third kappa shape index (κ3) is 1.95. The summed E-state index contributed by atoms with van der Waals surface area (Å²) in [6, 6.07) is 11.2. The number of benzene rings is 1. The van der Waals surface area contributed by atoms with E-state index in [0.29, 0.717) is 0 Å². The Morgan fingerprint density at radius 1 is 1.19 bits per heavy atom. The molecule has 2 nitrogen and oxygen atoms in total. The second-order valence-corrected chi connectivity index (χ2v) is 3.33. The van der Waals surface area contributed by atoms with Crippen molar-refractivity contribution in [1.82, 2.24) is 9.97 Å². The molecule has 2 heterocycles. The Morgan fingerprint density at radius 2 is 2.12 bits per heavy atom. The first-order valence-electron chi connectivity index (χ1n) is 4.75. The first kappa shape index (κ1) is 11.5. The van der Waals surface area contributed by atoms with E-state index in [4.69, 9.17) is 0 Å². The van der Waals surface area contributed by atoms with E-state index in [1.54, 1.807) is 6.20 Å². The maximum atomic E-state index is 4.14. The fraction of sp³-hybridized carbons (Fsp3) is 0. The second kappa shape index (κ2) is 4.90. The predicted molar refractivity (Wildman–Crippen MR) is 59.2 cm³/mol. The quantitative estimate of drug-likeness (QED) is 0.683. The van der Waals surface area contributed by atoms with Gasteiger partial charge in [0.2, 0.25) is 0 Å². The molecule has 1 N–H and O–H groups in total. The first-order valence-corrected chi connectivity index (χ1v) is 4.75. The molecule has 0 fully saturated rings. The molecule has 0 aliphatic heterocycles. The van der Waals surface area contributed by atoms with E-state index in [1.807, 2.05) is 36.7 Å². The minimum atomic E-state index is 0. The summed E-state index contributed by atoms with van der Waals surface area (Å²) >= 11 is 0. The summed E-state index contributed by atoms with van der Waals surface area (Å²) in [5.41, 5.74) is 2.07. The molecule has 16 heavy (non-hydrogen) atoms. The monoisotopic (exact) mass is 281 g/mol. The Hall–Kier alpha value is -0.986. The van der Waals surface area contributed by atoms with Crippen LogP contribution >= 0.6 is 0 Å². The molecule has 0 atom stereocenters. The molecule has 2 aromatic heterocycles. The molecule has 0 bridgehead atoms. The maximum absolute atomic E-state index is 4.14. The van der Waals surface area contributed by atoms with Crippen molar-refractivity contribution in [2.24, 2.45) is 0 Å². The van der Waals surface area contributed by atoms with Crippen molar-refractivity contribution in [2.75, 3.05) is 0 Å². The molecule has 3 aromatic rings. The number of aromatic nitrogens is 2. The van der Waals surface area contributed by atoms with Gasteiger partial charge in [0.05, 0.1) is 0 Å². The van der Waals surface area contributed by atoms with Gasteiger partial charge in [-0.05, 0) is 6.20 Å². The maximum Gasteiger partial charge on any atom is 0.0247 e. The van der Waals surface area contributed by atoms with Crippen molar-refractivity contribution in [2.45, 2.75) is 0 Å². The van der Waals surface area contributed by atoms with Gasteiger partial charge in [-0.25, -0.2) is 17.2 Å². The van der Waals surface area contributed by atoms with Gasteiger partial charge in [0, 0.05) is 38.9 Å². The van der Waals surface area contributed by atoms with E-state index in [-0.39, 0.29) is 32.7 Å². The summed E-state index contributed by atoms with van der Waals surface area (Å²) in [5, 5.41) is 2.28. The van der Waals surface area contributed by atoms with Crippen LogP contribution in [0.25, 0.3) is 21.9 Å². The molecule has 0 saturated heterocycles. The Kier molecular flexibility index (Phi) is 3.52. The second-order valence-electron chi connectivity index (χ2n) is 3.33. The van der Waals surface area contributed by atoms with Crippen LogP contribution in [0, 0.1) is 12.3 Å². The van der Waals surface area contributed by atoms with Crippen LogP contribution in [0.3, 0.4) is 0 Å². The van der Waals surface area contributed by atoms with Gasteiger partial charge in [-0.3, -0.25) is 4.98 Å². The van der Waals surface area contributed by atoms with Crippen molar-refractivity contribution in [3.8, 4) is 11.1 Å². The summed E-state index contributed by atoms with van der Waals surface area (Å²) in [4.78, 5) is 7.07. The van der Waals surface area contributed by atoms with Crippen LogP contribution in [0.5, 0.6) is 0 Å². The molecule has 0 unspecified atom stereocenters. The van der Waals surface area contributed by atoms with Gasteiger partial charge in [-0.2, -0.15) is 12.1 Å². The van der Waals surface area contributed by atoms with Crippen molar-refractivity contribution in [3.63, 3.8) is 0 Å². The first-order chi connectivity index (χ1) is 7.45. The van der Waals surface area contributed by atoms with Crippen LogP contribution < -0.4 is 0 Å². The Labute approximate surface area is 119 Å². The van der Waals surface area contributed by atoms with Crippen molar-refractivity contribution in [3.05, 3.63) is 55.1 Å². The number of nitrogens with one attached hydrogen (secondary N) is 1. The third-order valence-electron chi connectivity index (χ3n) is 2.42. The number of H-pyrrole nitrogens is 1. The minimum Gasteiger partial charge on any atom is -0.462 e. The SMILES string of the molecule is [Y].[c-]1[nH]ccc1-c1[c-]ccc2ccncc12. The molecule has 0 amide bonds. The van der Waals surface area contributed by atoms with E-state index in [2.05, 4.69) is 22.2 Å². The number of rotatable bonds is 1. The van der Waals surface area contributed by atoms with E-state index in [1.165, 1.54) is 5.39 Å². The molecule has 75 valence electrons. The average Bonchev–Trinajstić information content (AvgIpc) is 2.82. The van der Waals surface area contributed by atoms with Crippen LogP contribution in [-0.4, -0.2) is 9.97 Å². The van der Waals surface area contributed by atoms with E-state index < -0.39 is 0 Å². The predicted octanol–water partition coefficient (Wildman–Crippen LogP) is 2.83. The Bertz CT molecular complexity index is 582. The minimum absolute atomic E-state index is 0. The molecule has 3 heteroatoms. The average molecular weight is 281 g/mol. The molecule has 1 radical (unpaired) electrons. The Balaban J connectivity index is 0.000000963. The summed E-state index contributed by atoms with van der Waals surface area (Å²) < 4.78 is 0. The number of fused-ring (bicyclic) bond motifs is 1. The number of nitrogens with zero attached hydrogens (tertiary/aromatic N) is 1. The topological polar surface area (TPSA) is 28.7 Å². The van der Waals surface area contributed by atoms with Crippen LogP contribution in [-0.2, 0) is 32.7 Å². The standard InChI is InChI=1S/C13H8N2.Y/c1-2-10-4-6-15-9-13(10)12(3-1)11-5-7-14-8-11;/h1-2,4-7,9,14H;/q-2;. The van der Waals surface area contributed by atoms with Crippen LogP contribution in [0.2, 0.25) is 0 Å². The van der Waals surface area contributed by atoms with Gasteiger partial charge in [-0.15, -0.1) is 29.2 Å². The van der Waals surface area contributed by atoms with Crippen LogP contribution in [0.1, 0.15) is 0 Å². The molecule has 0 aliphatic rings. The molecular weight excluding hydrogens is 273 g/mol. The number of aromatic amines is 1. The van der Waals surface area contributed by atoms with E-state index in [0.717, 1.165) is 16.5 Å². The molecular formula is C13H8N2Y-2. The van der Waals surface area contributed by atoms with E-state index in [9.17, 15) is 0 Å². The zero-order chi connectivity index (χ0) is 10.1. The number of pyridine rings is 1. The van der Waals surface area contributed by atoms with Crippen molar-refractivity contribution >= 4 is 10.8 Å². The van der Waals surface area contributed by atoms with Gasteiger partial charge >= 0.3 is 0 Å². The molecule has 1 aromatic carbocycles. The van der Waals surface area contributed by atoms with Crippen LogP contribution in [0.15, 0.2) is 42.9 Å². The number of hydrogen-bond acceptors (Lipinski definition) is 1. The van der Waals surface area contributed by atoms with Gasteiger partial charge in [0.1, 0.15) is 0 Å². The summed E-state index contributed by atoms with van der Waals surface area (Å²) in [7, 11) is 0. The zero-order valence-electron chi connectivity index (χ0n) is 8.57. The van der Waals surface area contributed by atoms with Crippen molar-refractivity contribution in [1.29, 1.82) is 0 Å². The fourth-order valence-electron chi connectivity index (χ4n) is 1.71. The van der Waals surface area contributed by atoms with Crippen LogP contribution in [0.4, 0.5) is 0 Å². The van der Waals surface area contributed by atoms with Gasteiger partial charge < -0.3 is 4.98 Å². The summed E-state index contributed by atoms with van der Waals surface area (Å²) in [6.45, 7) is 0. The van der Waals surface area contributed by atoms with Crippen molar-refractivity contribution < 1.29 is 32.7 Å². The molecule has 3 rings (SSSR count). The van der Waals surface area contributed by atoms with Gasteiger partial charge in [0.15, 0.2) is 0 Å². The third-order valence-corrected chi connectivity index (χ3v) is 2.42. The normalized spacial score (nSPS) is 10.0. The molecule has 0 spiro atoms. The molecule has 0 aliphatic carbocycles. The smallest absolute Gasteiger partial charge is 0.0247 e. The van der Waals surface area contributed by atoms with E-state index >= 15 is 0 Å². The zero-order valence-corrected chi connectivity index (χ0v) is 11.4. The van der Waals surface area contributed by atoms with Gasteiger partial charge in [-0.1, -0.05) is 6.07 Å². The Morgan fingerprint density at radius 3 is 2.94 bits per heavy atom. The number of hydrogen-bond donors (Lipinski definition) is 1. The summed E-state index contributed by atoms with van der Waals surface area (Å²) in [5.74, 6) is 0. The fourth-order valence-corrected chi connectivity index (χ4v) is 1.71. The molecule has 0 saturated carbocycles.